The molecule has 0 bridgehead atoms. The Morgan fingerprint density at radius 1 is 1.35 bits per heavy atom. The molecule has 5 unspecified atom stereocenters. The van der Waals surface area contributed by atoms with Crippen molar-refractivity contribution in [3.63, 3.8) is 0 Å². The van der Waals surface area contributed by atoms with Gasteiger partial charge in [0.15, 0.2) is 0 Å². The summed E-state index contributed by atoms with van der Waals surface area (Å²) in [5.74, 6) is 0.329. The van der Waals surface area contributed by atoms with E-state index in [1.165, 1.54) is 11.8 Å². The normalized spacial score (nSPS) is 41.0. The number of aliphatic hydroxyl groups excluding tert-OH is 3. The third-order valence-electron chi connectivity index (χ3n) is 5.51. The number of hydrogen-bond donors (Lipinski definition) is 4. The van der Waals surface area contributed by atoms with Gasteiger partial charge in [-0.25, -0.2) is 0 Å². The van der Waals surface area contributed by atoms with E-state index in [9.17, 15) is 20.1 Å². The highest BCUT2D eigenvalue weighted by Gasteiger charge is 2.48. The minimum atomic E-state index is -1.36. The summed E-state index contributed by atoms with van der Waals surface area (Å²) in [7, 11) is 1.93. The van der Waals surface area contributed by atoms with Crippen LogP contribution in [0, 0.1) is 5.92 Å². The first-order chi connectivity index (χ1) is 12.2. The van der Waals surface area contributed by atoms with Crippen LogP contribution in [-0.2, 0) is 9.53 Å². The van der Waals surface area contributed by atoms with Gasteiger partial charge in [0.1, 0.15) is 29.9 Å². The lowest BCUT2D eigenvalue weighted by Gasteiger charge is -2.44. The summed E-state index contributed by atoms with van der Waals surface area (Å²) < 4.78 is 5.78. The molecule has 0 aliphatic carbocycles. The van der Waals surface area contributed by atoms with E-state index in [0.29, 0.717) is 5.92 Å². The molecule has 2 fully saturated rings. The number of alkyl halides is 1. The van der Waals surface area contributed by atoms with Gasteiger partial charge in [0.2, 0.25) is 5.91 Å². The maximum absolute atomic E-state index is 12.8. The highest BCUT2D eigenvalue weighted by Crippen LogP contribution is 2.31. The number of hydrogen-bond acceptors (Lipinski definition) is 7. The Balaban J connectivity index is 2.11. The van der Waals surface area contributed by atoms with Crippen LogP contribution in [0.5, 0.6) is 0 Å². The van der Waals surface area contributed by atoms with Gasteiger partial charge in [-0.2, -0.15) is 0 Å². The number of carbonyl (C=O) groups is 1. The molecule has 2 rings (SSSR count). The van der Waals surface area contributed by atoms with Crippen LogP contribution in [-0.4, -0.2) is 93.3 Å². The third kappa shape index (κ3) is 4.66. The lowest BCUT2D eigenvalue weighted by molar-refractivity contribution is -0.205. The predicted molar refractivity (Wildman–Crippen MR) is 102 cm³/mol. The Hall–Kier alpha value is -0.0900. The Morgan fingerprint density at radius 3 is 2.50 bits per heavy atom. The van der Waals surface area contributed by atoms with Crippen LogP contribution < -0.4 is 5.32 Å². The number of amides is 1. The molecule has 4 N–H and O–H groups in total. The summed E-state index contributed by atoms with van der Waals surface area (Å²) in [4.78, 5) is 14.8. The molecule has 26 heavy (non-hydrogen) atoms. The summed E-state index contributed by atoms with van der Waals surface area (Å²) in [5.41, 5.74) is -0.702. The first-order valence-corrected chi connectivity index (χ1v) is 10.8. The van der Waals surface area contributed by atoms with Gasteiger partial charge in [-0.05, 0) is 32.6 Å². The second kappa shape index (κ2) is 9.41. The lowest BCUT2D eigenvalue weighted by Crippen LogP contribution is -2.65. The maximum Gasteiger partial charge on any atom is 0.237 e. The number of aliphatic hydroxyl groups is 3. The summed E-state index contributed by atoms with van der Waals surface area (Å²) >= 11 is 7.52. The summed E-state index contributed by atoms with van der Waals surface area (Å²) in [5, 5.41) is 32.9. The Labute approximate surface area is 164 Å². The van der Waals surface area contributed by atoms with Gasteiger partial charge in [0.05, 0.1) is 17.5 Å². The molecule has 0 spiro atoms. The van der Waals surface area contributed by atoms with E-state index in [0.717, 1.165) is 19.4 Å². The van der Waals surface area contributed by atoms with Crippen molar-refractivity contribution < 1.29 is 24.9 Å². The lowest BCUT2D eigenvalue weighted by atomic mass is 9.92. The van der Waals surface area contributed by atoms with E-state index < -0.39 is 41.3 Å². The largest absolute Gasteiger partial charge is 0.388 e. The molecular formula is C17H31ClN2O5S. The average molecular weight is 411 g/mol. The maximum atomic E-state index is 12.8. The minimum absolute atomic E-state index is 0.155. The van der Waals surface area contributed by atoms with Gasteiger partial charge < -0.3 is 25.4 Å². The number of nitrogens with one attached hydrogen (secondary N) is 1. The van der Waals surface area contributed by atoms with Crippen molar-refractivity contribution in [2.75, 3.05) is 19.8 Å². The van der Waals surface area contributed by atoms with E-state index in [2.05, 4.69) is 12.2 Å². The van der Waals surface area contributed by atoms with Gasteiger partial charge >= 0.3 is 0 Å². The number of nitrogens with zero attached hydrogens (tertiary/aromatic N) is 1. The number of carbonyl (C=O) groups excluding carboxylic acids is 1. The fraction of sp³-hybridized carbons (Fsp3) is 0.941. The van der Waals surface area contributed by atoms with E-state index in [-0.39, 0.29) is 11.9 Å². The molecule has 0 aromatic heterocycles. The third-order valence-corrected chi connectivity index (χ3v) is 6.64. The highest BCUT2D eigenvalue weighted by atomic mass is 35.5. The smallest absolute Gasteiger partial charge is 0.237 e. The zero-order valence-corrected chi connectivity index (χ0v) is 17.3. The van der Waals surface area contributed by atoms with Crippen LogP contribution in [0.4, 0.5) is 0 Å². The van der Waals surface area contributed by atoms with E-state index in [1.807, 2.05) is 11.9 Å². The topological polar surface area (TPSA) is 102 Å². The van der Waals surface area contributed by atoms with Crippen molar-refractivity contribution in [1.82, 2.24) is 10.2 Å². The quantitative estimate of drug-likeness (QED) is 0.457. The molecular weight excluding hydrogens is 380 g/mol. The van der Waals surface area contributed by atoms with Crippen LogP contribution in [0.15, 0.2) is 0 Å². The molecule has 2 aliphatic heterocycles. The molecule has 2 saturated heterocycles. The van der Waals surface area contributed by atoms with Gasteiger partial charge in [-0.15, -0.1) is 23.4 Å². The first-order valence-electron chi connectivity index (χ1n) is 9.08. The van der Waals surface area contributed by atoms with Crippen LogP contribution in [0.3, 0.4) is 0 Å². The molecule has 0 aromatic carbocycles. The highest BCUT2D eigenvalue weighted by molar-refractivity contribution is 7.99. The fourth-order valence-electron chi connectivity index (χ4n) is 3.79. The summed E-state index contributed by atoms with van der Waals surface area (Å²) in [6, 6.07) is -0.935. The molecule has 0 radical (unpaired) electrons. The molecule has 2 heterocycles. The van der Waals surface area contributed by atoms with Crippen molar-refractivity contribution in [1.29, 1.82) is 0 Å². The second-order valence-electron chi connectivity index (χ2n) is 7.35. The molecule has 9 atom stereocenters. The van der Waals surface area contributed by atoms with Gasteiger partial charge in [0, 0.05) is 6.54 Å². The number of thioether (sulfide) groups is 1. The number of likely N-dealkylation sites (tertiary alicyclic amines) is 1. The molecule has 0 saturated carbocycles. The minimum Gasteiger partial charge on any atom is -0.388 e. The van der Waals surface area contributed by atoms with Crippen molar-refractivity contribution in [3.8, 4) is 0 Å². The average Bonchev–Trinajstić information content (AvgIpc) is 2.99. The Bertz CT molecular complexity index is 484. The molecule has 2 aliphatic rings. The van der Waals surface area contributed by atoms with E-state index in [4.69, 9.17) is 16.3 Å². The van der Waals surface area contributed by atoms with Crippen LogP contribution in [0.1, 0.15) is 26.7 Å². The molecule has 0 aromatic rings. The molecule has 152 valence electrons. The van der Waals surface area contributed by atoms with Gasteiger partial charge in [-0.1, -0.05) is 13.3 Å². The van der Waals surface area contributed by atoms with Crippen LogP contribution in [0.25, 0.3) is 0 Å². The molecule has 1 amide bonds. The molecule has 7 nitrogen and oxygen atoms in total. The summed E-state index contributed by atoms with van der Waals surface area (Å²) in [6.45, 7) is 4.70. The number of likely N-dealkylation sites (N-methyl/N-ethyl adjacent to an activating group) is 1. The zero-order valence-electron chi connectivity index (χ0n) is 15.7. The zero-order chi connectivity index (χ0) is 19.6. The Kier molecular flexibility index (Phi) is 8.03. The van der Waals surface area contributed by atoms with Gasteiger partial charge in [0.25, 0.3) is 0 Å². The Morgan fingerprint density at radius 2 is 2.00 bits per heavy atom. The number of ether oxygens (including phenoxy) is 1. The van der Waals surface area contributed by atoms with Crippen molar-refractivity contribution >= 4 is 29.3 Å². The van der Waals surface area contributed by atoms with Crippen LogP contribution >= 0.6 is 23.4 Å². The number of halogens is 1. The van der Waals surface area contributed by atoms with E-state index in [1.54, 1.807) is 13.2 Å². The number of rotatable bonds is 6. The predicted octanol–water partition coefficient (Wildman–Crippen LogP) is -0.000600. The van der Waals surface area contributed by atoms with Crippen molar-refractivity contribution in [2.24, 2.45) is 5.92 Å². The monoisotopic (exact) mass is 410 g/mol. The van der Waals surface area contributed by atoms with Crippen LogP contribution in [0.2, 0.25) is 0 Å². The fourth-order valence-corrected chi connectivity index (χ4v) is 4.68. The van der Waals surface area contributed by atoms with E-state index >= 15 is 0 Å². The molecule has 9 heteroatoms. The SMILES string of the molecule is CCC1C[C@H](C(=O)NC(C(C)Cl)C2O[C@H](SC)C(O)[C@H](O)[C@H]2O)N(C)C1. The van der Waals surface area contributed by atoms with Crippen molar-refractivity contribution in [2.45, 2.75) is 74.0 Å². The second-order valence-corrected chi connectivity index (χ2v) is 8.98. The summed E-state index contributed by atoms with van der Waals surface area (Å²) in [6.07, 6.45) is -1.27. The van der Waals surface area contributed by atoms with Gasteiger partial charge in [-0.3, -0.25) is 9.69 Å². The van der Waals surface area contributed by atoms with Crippen molar-refractivity contribution in [3.05, 3.63) is 0 Å². The first kappa shape index (κ1) is 22.2. The standard InChI is InChI=1S/C17H31ClN2O5S/c1-5-9-6-10(20(3)7-9)16(24)19-11(8(2)18)15-13(22)12(21)14(23)17(25-15)26-4/h8-15,17,21-23H,5-7H2,1-4H3,(H,19,24)/t8?,9?,10-,11?,12-,13-,14?,15?,17-/m1/s1.